The third kappa shape index (κ3) is 1.23. The Hall–Kier alpha value is -0.610. The van der Waals surface area contributed by atoms with Crippen LogP contribution in [0, 0.1) is 5.92 Å². The molecule has 1 atom stereocenters. The maximum Gasteiger partial charge on any atom is 0.306 e. The Balaban J connectivity index is 1.98. The van der Waals surface area contributed by atoms with Gasteiger partial charge in [-0.1, -0.05) is 0 Å². The first-order valence-electron chi connectivity index (χ1n) is 3.99. The molecule has 1 saturated heterocycles. The van der Waals surface area contributed by atoms with E-state index < -0.39 is 5.97 Å². The van der Waals surface area contributed by atoms with Crippen molar-refractivity contribution in [2.45, 2.75) is 31.3 Å². The molecule has 4 heteroatoms. The molecule has 3 N–H and O–H groups in total. The van der Waals surface area contributed by atoms with E-state index in [0.29, 0.717) is 0 Å². The first kappa shape index (κ1) is 7.06. The van der Waals surface area contributed by atoms with Gasteiger partial charge in [0.05, 0.1) is 11.6 Å². The van der Waals surface area contributed by atoms with E-state index in [1.165, 1.54) is 0 Å². The number of hydrazine groups is 1. The van der Waals surface area contributed by atoms with Crippen molar-refractivity contribution in [3.05, 3.63) is 0 Å². The first-order chi connectivity index (χ1) is 5.22. The third-order valence-electron chi connectivity index (χ3n) is 2.58. The molecule has 1 saturated carbocycles. The van der Waals surface area contributed by atoms with E-state index in [1.54, 1.807) is 0 Å². The standard InChI is InChI=1S/C7H12N2O2/c10-6(11)5-2-1-3-7(4-5)8-9-7/h5,8-9H,1-4H2,(H,10,11). The average molecular weight is 156 g/mol. The van der Waals surface area contributed by atoms with E-state index in [4.69, 9.17) is 5.11 Å². The minimum absolute atomic E-state index is 0.00130. The van der Waals surface area contributed by atoms with Crippen molar-refractivity contribution in [2.75, 3.05) is 0 Å². The topological polar surface area (TPSA) is 81.2 Å². The van der Waals surface area contributed by atoms with Crippen molar-refractivity contribution in [1.29, 1.82) is 0 Å². The van der Waals surface area contributed by atoms with Gasteiger partial charge in [0, 0.05) is 0 Å². The lowest BCUT2D eigenvalue weighted by atomic mass is 9.84. The molecule has 1 spiro atoms. The van der Waals surface area contributed by atoms with Gasteiger partial charge >= 0.3 is 5.97 Å². The van der Waals surface area contributed by atoms with Crippen LogP contribution in [0.1, 0.15) is 25.7 Å². The smallest absolute Gasteiger partial charge is 0.306 e. The zero-order chi connectivity index (χ0) is 7.90. The molecule has 0 aromatic rings. The van der Waals surface area contributed by atoms with Crippen molar-refractivity contribution in [3.8, 4) is 0 Å². The van der Waals surface area contributed by atoms with Crippen LogP contribution in [0.5, 0.6) is 0 Å². The van der Waals surface area contributed by atoms with Crippen LogP contribution >= 0.6 is 0 Å². The molecule has 2 rings (SSSR count). The SMILES string of the molecule is O=C(O)C1CCCC2(C1)NN2. The van der Waals surface area contributed by atoms with Gasteiger partial charge in [-0.15, -0.1) is 0 Å². The number of aliphatic carboxylic acids is 1. The van der Waals surface area contributed by atoms with E-state index >= 15 is 0 Å². The molecule has 1 aliphatic heterocycles. The Labute approximate surface area is 64.9 Å². The van der Waals surface area contributed by atoms with Gasteiger partial charge < -0.3 is 5.11 Å². The Morgan fingerprint density at radius 1 is 1.55 bits per heavy atom. The highest BCUT2D eigenvalue weighted by Gasteiger charge is 2.47. The lowest BCUT2D eigenvalue weighted by molar-refractivity contribution is -0.143. The maximum absolute atomic E-state index is 10.6. The molecular formula is C7H12N2O2. The number of rotatable bonds is 1. The Bertz CT molecular complexity index is 189. The molecule has 2 fully saturated rings. The summed E-state index contributed by atoms with van der Waals surface area (Å²) in [5, 5.41) is 8.74. The molecule has 11 heavy (non-hydrogen) atoms. The summed E-state index contributed by atoms with van der Waals surface area (Å²) in [5.41, 5.74) is 6.04. The van der Waals surface area contributed by atoms with Crippen LogP contribution in [0.4, 0.5) is 0 Å². The van der Waals surface area contributed by atoms with Crippen LogP contribution in [0.2, 0.25) is 0 Å². The number of carbonyl (C=O) groups is 1. The van der Waals surface area contributed by atoms with E-state index in [9.17, 15) is 4.79 Å². The fraction of sp³-hybridized carbons (Fsp3) is 0.857. The van der Waals surface area contributed by atoms with E-state index in [1.807, 2.05) is 0 Å². The second kappa shape index (κ2) is 2.19. The zero-order valence-electron chi connectivity index (χ0n) is 6.26. The maximum atomic E-state index is 10.6. The number of nitrogens with one attached hydrogen (secondary N) is 2. The van der Waals surface area contributed by atoms with Crippen LogP contribution in [0.25, 0.3) is 0 Å². The molecule has 4 nitrogen and oxygen atoms in total. The zero-order valence-corrected chi connectivity index (χ0v) is 6.26. The molecule has 0 bridgehead atoms. The quantitative estimate of drug-likeness (QED) is 0.469. The van der Waals surface area contributed by atoms with Gasteiger partial charge in [-0.25, -0.2) is 10.9 Å². The molecule has 62 valence electrons. The third-order valence-corrected chi connectivity index (χ3v) is 2.58. The van der Waals surface area contributed by atoms with Gasteiger partial charge in [0.25, 0.3) is 0 Å². The Kier molecular flexibility index (Phi) is 1.40. The summed E-state index contributed by atoms with van der Waals surface area (Å²) >= 11 is 0. The predicted molar refractivity (Wildman–Crippen MR) is 38.6 cm³/mol. The fourth-order valence-electron chi connectivity index (χ4n) is 1.80. The summed E-state index contributed by atoms with van der Waals surface area (Å²) in [6, 6.07) is 0. The second-order valence-corrected chi connectivity index (χ2v) is 3.46. The van der Waals surface area contributed by atoms with Crippen LogP contribution in [0.3, 0.4) is 0 Å². The van der Waals surface area contributed by atoms with Gasteiger partial charge in [0.2, 0.25) is 0 Å². The van der Waals surface area contributed by atoms with Gasteiger partial charge in [-0.05, 0) is 25.7 Å². The van der Waals surface area contributed by atoms with Crippen molar-refractivity contribution in [1.82, 2.24) is 10.9 Å². The average Bonchev–Trinajstić information content (AvgIpc) is 2.69. The predicted octanol–water partition coefficient (Wildman–Crippen LogP) is 0.0653. The summed E-state index contributed by atoms with van der Waals surface area (Å²) in [5.74, 6) is -0.800. The van der Waals surface area contributed by atoms with E-state index in [-0.39, 0.29) is 11.6 Å². The van der Waals surface area contributed by atoms with Gasteiger partial charge in [-0.3, -0.25) is 4.79 Å². The van der Waals surface area contributed by atoms with Crippen molar-refractivity contribution in [2.24, 2.45) is 5.92 Å². The summed E-state index contributed by atoms with van der Waals surface area (Å²) in [7, 11) is 0. The lowest BCUT2D eigenvalue weighted by Crippen LogP contribution is -2.31. The summed E-state index contributed by atoms with van der Waals surface area (Å²) < 4.78 is 0. The highest BCUT2D eigenvalue weighted by atomic mass is 16.4. The van der Waals surface area contributed by atoms with Gasteiger partial charge in [0.15, 0.2) is 0 Å². The highest BCUT2D eigenvalue weighted by Crippen LogP contribution is 2.34. The molecular weight excluding hydrogens is 144 g/mol. The molecule has 1 aliphatic carbocycles. The molecule has 0 aromatic carbocycles. The molecule has 2 aliphatic rings. The monoisotopic (exact) mass is 156 g/mol. The minimum atomic E-state index is -0.653. The van der Waals surface area contributed by atoms with Crippen LogP contribution in [-0.2, 0) is 4.79 Å². The van der Waals surface area contributed by atoms with E-state index in [2.05, 4.69) is 10.9 Å². The normalized spacial score (nSPS) is 33.6. The molecule has 1 heterocycles. The van der Waals surface area contributed by atoms with Crippen molar-refractivity contribution >= 4 is 5.97 Å². The van der Waals surface area contributed by atoms with Crippen LogP contribution in [0.15, 0.2) is 0 Å². The van der Waals surface area contributed by atoms with Crippen LogP contribution < -0.4 is 10.9 Å². The summed E-state index contributed by atoms with van der Waals surface area (Å²) in [6.07, 6.45) is 3.65. The Morgan fingerprint density at radius 3 is 2.82 bits per heavy atom. The molecule has 0 amide bonds. The summed E-state index contributed by atoms with van der Waals surface area (Å²) in [4.78, 5) is 10.6. The largest absolute Gasteiger partial charge is 0.481 e. The van der Waals surface area contributed by atoms with Crippen molar-refractivity contribution in [3.63, 3.8) is 0 Å². The molecule has 0 radical (unpaired) electrons. The highest BCUT2D eigenvalue weighted by molar-refractivity contribution is 5.70. The molecule has 0 aromatic heterocycles. The van der Waals surface area contributed by atoms with Gasteiger partial charge in [0.1, 0.15) is 0 Å². The van der Waals surface area contributed by atoms with Crippen LogP contribution in [-0.4, -0.2) is 16.7 Å². The second-order valence-electron chi connectivity index (χ2n) is 3.46. The lowest BCUT2D eigenvalue weighted by Gasteiger charge is -2.23. The number of hydrogen-bond donors (Lipinski definition) is 3. The number of hydrogen-bond acceptors (Lipinski definition) is 3. The summed E-state index contributed by atoms with van der Waals surface area (Å²) in [6.45, 7) is 0. The van der Waals surface area contributed by atoms with E-state index in [0.717, 1.165) is 25.7 Å². The first-order valence-corrected chi connectivity index (χ1v) is 3.99. The number of carboxylic acids is 1. The van der Waals surface area contributed by atoms with Gasteiger partial charge in [-0.2, -0.15) is 0 Å². The fourth-order valence-corrected chi connectivity index (χ4v) is 1.80. The number of carboxylic acid groups (broad SMARTS) is 1. The molecule has 1 unspecified atom stereocenters. The van der Waals surface area contributed by atoms with Crippen molar-refractivity contribution < 1.29 is 9.90 Å². The Morgan fingerprint density at radius 2 is 2.27 bits per heavy atom. The minimum Gasteiger partial charge on any atom is -0.481 e.